The molecule has 1 atom stereocenters. The van der Waals surface area contributed by atoms with Crippen LogP contribution in [0.5, 0.6) is 0 Å². The van der Waals surface area contributed by atoms with Crippen LogP contribution in [0.4, 0.5) is 0 Å². The molecule has 19 heavy (non-hydrogen) atoms. The number of carbonyl (C=O) groups is 2. The minimum Gasteiger partial charge on any atom is -0.330 e. The molecular weight excluding hydrogens is 242 g/mol. The van der Waals surface area contributed by atoms with Gasteiger partial charge in [-0.1, -0.05) is 29.8 Å². The number of nitrogens with two attached hydrogens (primary N) is 1. The normalized spacial score (nSPS) is 19.1. The Labute approximate surface area is 111 Å². The van der Waals surface area contributed by atoms with Crippen molar-refractivity contribution in [2.24, 2.45) is 10.7 Å². The molecule has 1 aromatic rings. The second-order valence-corrected chi connectivity index (χ2v) is 4.62. The van der Waals surface area contributed by atoms with Gasteiger partial charge in [-0.25, -0.2) is 0 Å². The average molecular weight is 259 g/mol. The van der Waals surface area contributed by atoms with Crippen molar-refractivity contribution in [3.8, 4) is 0 Å². The molecule has 0 aliphatic carbocycles. The topological polar surface area (TPSA) is 84.6 Å². The van der Waals surface area contributed by atoms with E-state index in [0.717, 1.165) is 5.56 Å². The Hall–Kier alpha value is -2.01. The first-order chi connectivity index (χ1) is 9.11. The fourth-order valence-corrected chi connectivity index (χ4v) is 1.99. The third-order valence-electron chi connectivity index (χ3n) is 3.05. The maximum absolute atomic E-state index is 12.0. The van der Waals surface area contributed by atoms with Crippen LogP contribution in [-0.2, 0) is 9.59 Å². The maximum atomic E-state index is 12.0. The lowest BCUT2D eigenvalue weighted by Gasteiger charge is -2.20. The second-order valence-electron chi connectivity index (χ2n) is 4.62. The Balaban J connectivity index is 2.20. The zero-order valence-electron chi connectivity index (χ0n) is 10.8. The molecular formula is C14H17N3O2. The molecule has 0 bridgehead atoms. The molecule has 5 heteroatoms. The third-order valence-corrected chi connectivity index (χ3v) is 3.05. The van der Waals surface area contributed by atoms with Crippen molar-refractivity contribution in [3.05, 3.63) is 35.4 Å². The molecule has 0 spiro atoms. The Morgan fingerprint density at radius 1 is 1.26 bits per heavy atom. The molecule has 0 saturated heterocycles. The van der Waals surface area contributed by atoms with Gasteiger partial charge in [0, 0.05) is 6.42 Å². The molecule has 3 N–H and O–H groups in total. The Kier molecular flexibility index (Phi) is 4.06. The van der Waals surface area contributed by atoms with Gasteiger partial charge in [-0.15, -0.1) is 0 Å². The van der Waals surface area contributed by atoms with Gasteiger partial charge in [0.15, 0.2) is 0 Å². The summed E-state index contributed by atoms with van der Waals surface area (Å²) in [6.45, 7) is 2.46. The van der Waals surface area contributed by atoms with Gasteiger partial charge in [-0.3, -0.25) is 9.59 Å². The molecule has 0 saturated carbocycles. The van der Waals surface area contributed by atoms with Crippen molar-refractivity contribution in [3.63, 3.8) is 0 Å². The maximum Gasteiger partial charge on any atom is 0.264 e. The molecule has 1 unspecified atom stereocenters. The molecule has 5 nitrogen and oxygen atoms in total. The summed E-state index contributed by atoms with van der Waals surface area (Å²) in [5.74, 6) is -1.12. The van der Waals surface area contributed by atoms with Crippen LogP contribution >= 0.6 is 0 Å². The highest BCUT2D eigenvalue weighted by atomic mass is 16.2. The van der Waals surface area contributed by atoms with Gasteiger partial charge in [-0.05, 0) is 25.5 Å². The number of amidine groups is 1. The van der Waals surface area contributed by atoms with Gasteiger partial charge in [0.25, 0.3) is 5.91 Å². The van der Waals surface area contributed by atoms with Gasteiger partial charge in [0.2, 0.25) is 5.91 Å². The highest BCUT2D eigenvalue weighted by Gasteiger charge is 2.32. The summed E-state index contributed by atoms with van der Waals surface area (Å²) in [5.41, 5.74) is 7.15. The van der Waals surface area contributed by atoms with Crippen molar-refractivity contribution in [1.82, 2.24) is 5.32 Å². The summed E-state index contributed by atoms with van der Waals surface area (Å²) >= 11 is 0. The monoisotopic (exact) mass is 259 g/mol. The number of rotatable bonds is 4. The smallest absolute Gasteiger partial charge is 0.264 e. The van der Waals surface area contributed by atoms with Gasteiger partial charge in [-0.2, -0.15) is 4.99 Å². The van der Waals surface area contributed by atoms with Gasteiger partial charge in [0.1, 0.15) is 11.8 Å². The number of hydrogen-bond donors (Lipinski definition) is 2. The summed E-state index contributed by atoms with van der Waals surface area (Å²) in [7, 11) is 0. The van der Waals surface area contributed by atoms with Crippen molar-refractivity contribution in [2.45, 2.75) is 25.7 Å². The lowest BCUT2D eigenvalue weighted by molar-refractivity contribution is -0.129. The van der Waals surface area contributed by atoms with Crippen LogP contribution in [0, 0.1) is 6.92 Å². The van der Waals surface area contributed by atoms with Crippen LogP contribution < -0.4 is 11.1 Å². The Morgan fingerprint density at radius 3 is 2.53 bits per heavy atom. The largest absolute Gasteiger partial charge is 0.330 e. The molecule has 1 aliphatic rings. The number of amides is 2. The summed E-state index contributed by atoms with van der Waals surface area (Å²) in [6.07, 6.45) is 1.22. The first kappa shape index (κ1) is 13.4. The van der Waals surface area contributed by atoms with Crippen LogP contribution in [0.15, 0.2) is 29.3 Å². The average Bonchev–Trinajstić information content (AvgIpc) is 2.38. The van der Waals surface area contributed by atoms with E-state index in [1.54, 1.807) is 12.1 Å². The summed E-state index contributed by atoms with van der Waals surface area (Å²) in [6, 6.07) is 7.34. The van der Waals surface area contributed by atoms with E-state index in [0.29, 0.717) is 30.8 Å². The molecule has 2 amide bonds. The minimum atomic E-state index is -0.831. The van der Waals surface area contributed by atoms with E-state index in [4.69, 9.17) is 5.73 Å². The number of nitrogens with zero attached hydrogens (tertiary/aromatic N) is 1. The van der Waals surface area contributed by atoms with E-state index >= 15 is 0 Å². The van der Waals surface area contributed by atoms with E-state index in [1.165, 1.54) is 0 Å². The molecule has 1 aromatic carbocycles. The molecule has 100 valence electrons. The molecule has 2 rings (SSSR count). The summed E-state index contributed by atoms with van der Waals surface area (Å²) < 4.78 is 0. The van der Waals surface area contributed by atoms with Gasteiger partial charge >= 0.3 is 0 Å². The molecule has 1 aliphatic heterocycles. The lowest BCUT2D eigenvalue weighted by Crippen LogP contribution is -2.42. The number of aliphatic imine (C=N–C) groups is 1. The van der Waals surface area contributed by atoms with Crippen molar-refractivity contribution >= 4 is 17.6 Å². The second kappa shape index (κ2) is 5.75. The fourth-order valence-electron chi connectivity index (χ4n) is 1.99. The zero-order chi connectivity index (χ0) is 13.8. The number of carbonyl (C=O) groups excluding carboxylic acids is 2. The Bertz CT molecular complexity index is 520. The van der Waals surface area contributed by atoms with Gasteiger partial charge < -0.3 is 11.1 Å². The highest BCUT2D eigenvalue weighted by Crippen LogP contribution is 2.21. The number of hydrogen-bond acceptors (Lipinski definition) is 3. The predicted molar refractivity (Wildman–Crippen MR) is 72.8 cm³/mol. The fraction of sp³-hybridized carbons (Fsp3) is 0.357. The van der Waals surface area contributed by atoms with Crippen LogP contribution in [0.25, 0.3) is 0 Å². The van der Waals surface area contributed by atoms with E-state index < -0.39 is 11.8 Å². The van der Waals surface area contributed by atoms with E-state index in [1.807, 2.05) is 19.1 Å². The lowest BCUT2D eigenvalue weighted by atomic mass is 9.95. The summed E-state index contributed by atoms with van der Waals surface area (Å²) in [5, 5.41) is 2.68. The molecule has 0 fully saturated rings. The molecule has 0 radical (unpaired) electrons. The minimum absolute atomic E-state index is 0.309. The SMILES string of the molecule is Cc1ccc(C2C(=O)N=C(CCCN)NC2=O)cc1. The molecule has 0 aromatic heterocycles. The van der Waals surface area contributed by atoms with Crippen LogP contribution in [0.2, 0.25) is 0 Å². The number of benzene rings is 1. The van der Waals surface area contributed by atoms with Crippen molar-refractivity contribution in [2.75, 3.05) is 6.54 Å². The predicted octanol–water partition coefficient (Wildman–Crippen LogP) is 0.872. The zero-order valence-corrected chi connectivity index (χ0v) is 10.8. The van der Waals surface area contributed by atoms with Crippen LogP contribution in [0.1, 0.15) is 29.9 Å². The molecule has 1 heterocycles. The first-order valence-corrected chi connectivity index (χ1v) is 6.30. The van der Waals surface area contributed by atoms with E-state index in [2.05, 4.69) is 10.3 Å². The standard InChI is InChI=1S/C14H17N3O2/c1-9-4-6-10(7-5-9)12-13(18)16-11(3-2-8-15)17-14(12)19/h4-7,12H,2-3,8,15H2,1H3,(H,16,17,18,19). The summed E-state index contributed by atoms with van der Waals surface area (Å²) in [4.78, 5) is 27.9. The van der Waals surface area contributed by atoms with E-state index in [-0.39, 0.29) is 5.91 Å². The highest BCUT2D eigenvalue weighted by molar-refractivity contribution is 6.18. The Morgan fingerprint density at radius 2 is 1.95 bits per heavy atom. The van der Waals surface area contributed by atoms with E-state index in [9.17, 15) is 9.59 Å². The first-order valence-electron chi connectivity index (χ1n) is 6.30. The van der Waals surface area contributed by atoms with Gasteiger partial charge in [0.05, 0.1) is 0 Å². The van der Waals surface area contributed by atoms with Crippen molar-refractivity contribution < 1.29 is 9.59 Å². The van der Waals surface area contributed by atoms with Crippen molar-refractivity contribution in [1.29, 1.82) is 0 Å². The van der Waals surface area contributed by atoms with Crippen LogP contribution in [0.3, 0.4) is 0 Å². The quantitative estimate of drug-likeness (QED) is 0.787. The number of aryl methyl sites for hydroxylation is 1. The number of nitrogens with one attached hydrogen (secondary N) is 1. The third kappa shape index (κ3) is 3.06. The van der Waals surface area contributed by atoms with Crippen LogP contribution in [-0.4, -0.2) is 24.2 Å².